The summed E-state index contributed by atoms with van der Waals surface area (Å²) in [5.74, 6) is -1.10. The van der Waals surface area contributed by atoms with Gasteiger partial charge >= 0.3 is 18.3 Å². The Morgan fingerprint density at radius 1 is 0.909 bits per heavy atom. The maximum atomic E-state index is 14.1. The van der Waals surface area contributed by atoms with Gasteiger partial charge in [0.25, 0.3) is 0 Å². The molecule has 0 N–H and O–H groups in total. The van der Waals surface area contributed by atoms with Gasteiger partial charge in [0, 0.05) is 11.1 Å². The lowest BCUT2D eigenvalue weighted by Crippen LogP contribution is -2.20. The molecule has 0 bridgehead atoms. The van der Waals surface area contributed by atoms with Gasteiger partial charge in [0.1, 0.15) is 0 Å². The molecule has 3 nitrogen and oxygen atoms in total. The quantitative estimate of drug-likeness (QED) is 0.308. The van der Waals surface area contributed by atoms with Crippen LogP contribution >= 0.6 is 0 Å². The molecule has 1 heterocycles. The lowest BCUT2D eigenvalue weighted by molar-refractivity contribution is -0.156. The topological polar surface area (TPSA) is 35.5 Å². The van der Waals surface area contributed by atoms with Gasteiger partial charge in [-0.25, -0.2) is 4.79 Å². The molecule has 0 saturated carbocycles. The largest absolute Gasteiger partial charge is 0.467 e. The third-order valence-electron chi connectivity index (χ3n) is 5.42. The van der Waals surface area contributed by atoms with E-state index in [1.807, 2.05) is 0 Å². The Morgan fingerprint density at radius 3 is 2.18 bits per heavy atom. The molecule has 0 aromatic heterocycles. The zero-order valence-electron chi connectivity index (χ0n) is 17.1. The van der Waals surface area contributed by atoms with Gasteiger partial charge in [0.05, 0.1) is 24.8 Å². The second kappa shape index (κ2) is 8.22. The molecule has 1 aliphatic heterocycles. The number of hydrogen-bond acceptors (Lipinski definition) is 3. The molecule has 1 aliphatic rings. The van der Waals surface area contributed by atoms with E-state index in [1.54, 1.807) is 36.4 Å². The van der Waals surface area contributed by atoms with Crippen molar-refractivity contribution in [1.82, 2.24) is 0 Å². The van der Waals surface area contributed by atoms with Crippen LogP contribution in [0.3, 0.4) is 0 Å². The van der Waals surface area contributed by atoms with Crippen molar-refractivity contribution in [2.24, 2.45) is 0 Å². The molecule has 0 fully saturated rings. The minimum Gasteiger partial charge on any atom is -0.467 e. The summed E-state index contributed by atoms with van der Waals surface area (Å²) in [6.45, 7) is -0.312. The molecule has 1 unspecified atom stereocenters. The summed E-state index contributed by atoms with van der Waals surface area (Å²) in [6, 6.07) is 13.9. The Hall–Kier alpha value is -3.33. The fourth-order valence-corrected chi connectivity index (χ4v) is 3.98. The summed E-state index contributed by atoms with van der Waals surface area (Å²) in [5.41, 5.74) is -2.54. The first-order valence-corrected chi connectivity index (χ1v) is 9.72. The molecule has 0 saturated heterocycles. The molecule has 9 heteroatoms. The minimum atomic E-state index is -5.13. The van der Waals surface area contributed by atoms with E-state index in [0.29, 0.717) is 22.8 Å². The number of ether oxygens (including phenoxy) is 2. The number of methoxy groups -OCH3 is 1. The van der Waals surface area contributed by atoms with Gasteiger partial charge in [-0.2, -0.15) is 26.3 Å². The molecule has 33 heavy (non-hydrogen) atoms. The molecular weight excluding hydrogens is 450 g/mol. The average Bonchev–Trinajstić information content (AvgIpc) is 2.94. The van der Waals surface area contributed by atoms with Crippen LogP contribution in [0, 0.1) is 0 Å². The first-order chi connectivity index (χ1) is 15.5. The van der Waals surface area contributed by atoms with Crippen molar-refractivity contribution < 1.29 is 40.6 Å². The summed E-state index contributed by atoms with van der Waals surface area (Å²) in [5, 5.41) is 0. The number of benzene rings is 3. The second-order valence-electron chi connectivity index (χ2n) is 7.40. The summed E-state index contributed by atoms with van der Waals surface area (Å²) in [4.78, 5) is 12.4. The number of esters is 1. The first kappa shape index (κ1) is 22.8. The van der Waals surface area contributed by atoms with Gasteiger partial charge in [0.15, 0.2) is 6.10 Å². The fourth-order valence-electron chi connectivity index (χ4n) is 3.98. The number of halogens is 6. The Morgan fingerprint density at radius 2 is 1.58 bits per heavy atom. The van der Waals surface area contributed by atoms with E-state index >= 15 is 0 Å². The number of carbonyl (C=O) groups excluding carboxylic acids is 1. The van der Waals surface area contributed by atoms with E-state index in [-0.39, 0.29) is 18.2 Å². The van der Waals surface area contributed by atoms with Gasteiger partial charge in [-0.1, -0.05) is 48.5 Å². The lowest BCUT2D eigenvalue weighted by atomic mass is 9.85. The maximum Gasteiger partial charge on any atom is 0.417 e. The second-order valence-corrected chi connectivity index (χ2v) is 7.40. The third kappa shape index (κ3) is 4.20. The third-order valence-corrected chi connectivity index (χ3v) is 5.42. The molecule has 172 valence electrons. The summed E-state index contributed by atoms with van der Waals surface area (Å²) >= 11 is 0. The van der Waals surface area contributed by atoms with Crippen molar-refractivity contribution in [2.45, 2.75) is 25.1 Å². The van der Waals surface area contributed by atoms with Crippen LogP contribution in [0.4, 0.5) is 26.3 Å². The van der Waals surface area contributed by atoms with Crippen molar-refractivity contribution in [3.05, 3.63) is 82.9 Å². The number of alkyl halides is 6. The highest BCUT2D eigenvalue weighted by Gasteiger charge is 2.43. The van der Waals surface area contributed by atoms with Crippen LogP contribution in [-0.4, -0.2) is 13.1 Å². The van der Waals surface area contributed by atoms with Gasteiger partial charge in [-0.05, 0) is 34.4 Å². The van der Waals surface area contributed by atoms with E-state index < -0.39 is 46.7 Å². The van der Waals surface area contributed by atoms with Crippen molar-refractivity contribution in [1.29, 1.82) is 0 Å². The van der Waals surface area contributed by atoms with Gasteiger partial charge < -0.3 is 9.47 Å². The van der Waals surface area contributed by atoms with Crippen LogP contribution in [0.2, 0.25) is 0 Å². The first-order valence-electron chi connectivity index (χ1n) is 9.72. The van der Waals surface area contributed by atoms with Crippen molar-refractivity contribution in [3.63, 3.8) is 0 Å². The zero-order chi connectivity index (χ0) is 24.0. The highest BCUT2D eigenvalue weighted by atomic mass is 19.4. The Balaban J connectivity index is 2.10. The van der Waals surface area contributed by atoms with Gasteiger partial charge in [-0.3, -0.25) is 0 Å². The van der Waals surface area contributed by atoms with Crippen LogP contribution in [0.15, 0.2) is 60.7 Å². The number of rotatable bonds is 2. The summed E-state index contributed by atoms with van der Waals surface area (Å²) < 4.78 is 93.0. The Labute approximate surface area is 184 Å². The molecular formula is C24H16F6O3. The number of carbonyl (C=O) groups is 1. The normalized spacial score (nSPS) is 15.9. The van der Waals surface area contributed by atoms with Crippen molar-refractivity contribution in [2.75, 3.05) is 7.11 Å². The van der Waals surface area contributed by atoms with Crippen LogP contribution in [-0.2, 0) is 33.2 Å². The standard InChI is InChI=1S/C24H16F6O3/c1-32-22(31)21-17-10-14(23(25,26)27)11-19(24(28,29)30)20(17)16-9-5-8-15(18(16)12-33-21)13-6-3-2-4-7-13/h2-11,21H,12H2,1H3. The Kier molecular flexibility index (Phi) is 5.69. The van der Waals surface area contributed by atoms with E-state index in [1.165, 1.54) is 12.1 Å². The van der Waals surface area contributed by atoms with Crippen LogP contribution < -0.4 is 0 Å². The monoisotopic (exact) mass is 466 g/mol. The molecule has 0 amide bonds. The van der Waals surface area contributed by atoms with E-state index in [9.17, 15) is 31.1 Å². The van der Waals surface area contributed by atoms with Crippen molar-refractivity contribution in [3.8, 4) is 22.3 Å². The van der Waals surface area contributed by atoms with Crippen molar-refractivity contribution >= 4 is 5.97 Å². The van der Waals surface area contributed by atoms with Crippen LogP contribution in [0.25, 0.3) is 22.3 Å². The number of fused-ring (bicyclic) bond motifs is 3. The Bertz CT molecular complexity index is 1200. The highest BCUT2D eigenvalue weighted by Crippen LogP contribution is 2.49. The molecule has 3 aromatic rings. The van der Waals surface area contributed by atoms with E-state index in [0.717, 1.165) is 7.11 Å². The lowest BCUT2D eigenvalue weighted by Gasteiger charge is -2.22. The van der Waals surface area contributed by atoms with E-state index in [4.69, 9.17) is 4.74 Å². The smallest absolute Gasteiger partial charge is 0.417 e. The van der Waals surface area contributed by atoms with Gasteiger partial charge in [-0.15, -0.1) is 0 Å². The average molecular weight is 466 g/mol. The predicted molar refractivity (Wildman–Crippen MR) is 107 cm³/mol. The molecule has 0 spiro atoms. The molecule has 0 aliphatic carbocycles. The van der Waals surface area contributed by atoms with Crippen LogP contribution in [0.5, 0.6) is 0 Å². The fraction of sp³-hybridized carbons (Fsp3) is 0.208. The number of hydrogen-bond donors (Lipinski definition) is 0. The molecule has 3 aromatic carbocycles. The maximum absolute atomic E-state index is 14.1. The summed E-state index contributed by atoms with van der Waals surface area (Å²) in [7, 11) is 0.983. The highest BCUT2D eigenvalue weighted by molar-refractivity contribution is 5.87. The zero-order valence-corrected chi connectivity index (χ0v) is 17.1. The SMILES string of the molecule is COC(=O)C1OCc2c(-c3ccccc3)cccc2-c2c1cc(C(F)(F)F)cc2C(F)(F)F. The van der Waals surface area contributed by atoms with E-state index in [2.05, 4.69) is 4.74 Å². The molecule has 0 radical (unpaired) electrons. The summed E-state index contributed by atoms with van der Waals surface area (Å²) in [6.07, 6.45) is -12.0. The molecule has 1 atom stereocenters. The predicted octanol–water partition coefficient (Wildman–Crippen LogP) is 6.80. The van der Waals surface area contributed by atoms with Crippen LogP contribution in [0.1, 0.15) is 28.4 Å². The van der Waals surface area contributed by atoms with Gasteiger partial charge in [0.2, 0.25) is 0 Å². The molecule has 4 rings (SSSR count). The minimum absolute atomic E-state index is 0.0406.